The standard InChI is InChI=1S/C26H39N7O3/c1-15(17-12-7-13-17)28-22-19-23(31-24(30-22)21(27)29-26(35)36)32-25(20(34)18-10-5-6-11-18)33(19)14-16-8-3-2-4-9-16/h15-18,20,34H,2-14H2,1H3,(H2,27,29)(H,35,36)(H,28,30,31)/t15-,20?/m1/s1. The molecular weight excluding hydrogens is 458 g/mol. The van der Waals surface area contributed by atoms with E-state index in [1.54, 1.807) is 0 Å². The molecule has 0 aliphatic heterocycles. The molecule has 0 radical (unpaired) electrons. The lowest BCUT2D eigenvalue weighted by atomic mass is 9.80. The third-order valence-electron chi connectivity index (χ3n) is 8.59. The number of amidine groups is 1. The molecule has 3 aliphatic rings. The number of aliphatic hydroxyl groups excluding tert-OH is 1. The number of aliphatic hydroxyl groups is 1. The molecule has 0 bridgehead atoms. The van der Waals surface area contributed by atoms with Crippen LogP contribution < -0.4 is 10.6 Å². The maximum atomic E-state index is 11.5. The molecule has 0 saturated heterocycles. The number of rotatable bonds is 8. The molecule has 196 valence electrons. The molecule has 3 fully saturated rings. The van der Waals surface area contributed by atoms with Crippen molar-refractivity contribution >= 4 is 28.9 Å². The van der Waals surface area contributed by atoms with Crippen molar-refractivity contribution < 1.29 is 15.0 Å². The Morgan fingerprint density at radius 1 is 1.00 bits per heavy atom. The number of fused-ring (bicyclic) bond motifs is 1. The Morgan fingerprint density at radius 3 is 2.31 bits per heavy atom. The van der Waals surface area contributed by atoms with Crippen LogP contribution in [0.2, 0.25) is 0 Å². The number of anilines is 1. The summed E-state index contributed by atoms with van der Waals surface area (Å²) in [6.45, 7) is 2.91. The first-order chi connectivity index (χ1) is 17.4. The molecule has 1 amide bonds. The third-order valence-corrected chi connectivity index (χ3v) is 8.59. The molecule has 1 unspecified atom stereocenters. The predicted molar refractivity (Wildman–Crippen MR) is 137 cm³/mol. The van der Waals surface area contributed by atoms with Crippen LogP contribution in [0.3, 0.4) is 0 Å². The van der Waals surface area contributed by atoms with E-state index in [9.17, 15) is 9.90 Å². The second-order valence-electron chi connectivity index (χ2n) is 11.1. The number of hydrogen-bond acceptors (Lipinski definition) is 7. The molecule has 0 spiro atoms. The molecule has 5 N–H and O–H groups in total. The van der Waals surface area contributed by atoms with E-state index in [1.165, 1.54) is 38.5 Å². The van der Waals surface area contributed by atoms with Crippen LogP contribution in [0.4, 0.5) is 10.6 Å². The molecule has 3 saturated carbocycles. The first-order valence-electron chi connectivity index (χ1n) is 13.7. The van der Waals surface area contributed by atoms with Crippen LogP contribution in [0.5, 0.6) is 0 Å². The Labute approximate surface area is 211 Å². The molecule has 2 atom stereocenters. The van der Waals surface area contributed by atoms with Crippen LogP contribution in [-0.2, 0) is 6.54 Å². The number of amides is 1. The van der Waals surface area contributed by atoms with Gasteiger partial charge >= 0.3 is 6.09 Å². The SMILES string of the molecule is C[C@@H](Nc1nc(C(=N)NC(=O)O)nc2nc(C(O)C3CCCC3)n(CC3CCCCC3)c12)C1CCC1. The summed E-state index contributed by atoms with van der Waals surface area (Å²) in [6.07, 6.45) is 11.8. The predicted octanol–water partition coefficient (Wildman–Crippen LogP) is 4.82. The summed E-state index contributed by atoms with van der Waals surface area (Å²) in [5.41, 5.74) is 1.16. The van der Waals surface area contributed by atoms with Crippen molar-refractivity contribution in [3.8, 4) is 0 Å². The van der Waals surface area contributed by atoms with Gasteiger partial charge in [-0.2, -0.15) is 0 Å². The summed E-state index contributed by atoms with van der Waals surface area (Å²) in [5, 5.41) is 34.4. The van der Waals surface area contributed by atoms with Crippen LogP contribution in [0.25, 0.3) is 11.2 Å². The fourth-order valence-electron chi connectivity index (χ4n) is 6.22. The van der Waals surface area contributed by atoms with Gasteiger partial charge in [0, 0.05) is 12.6 Å². The van der Waals surface area contributed by atoms with E-state index in [4.69, 9.17) is 15.5 Å². The van der Waals surface area contributed by atoms with Gasteiger partial charge < -0.3 is 20.1 Å². The number of hydrogen-bond donors (Lipinski definition) is 5. The number of aromatic nitrogens is 4. The summed E-state index contributed by atoms with van der Waals surface area (Å²) >= 11 is 0. The van der Waals surface area contributed by atoms with Crippen molar-refractivity contribution in [2.45, 2.75) is 103 Å². The lowest BCUT2D eigenvalue weighted by Gasteiger charge is -2.32. The second kappa shape index (κ2) is 10.7. The smallest absolute Gasteiger partial charge is 0.410 e. The fraction of sp³-hybridized carbons (Fsp3) is 0.731. The zero-order chi connectivity index (χ0) is 25.2. The van der Waals surface area contributed by atoms with Gasteiger partial charge in [0.05, 0.1) is 0 Å². The highest BCUT2D eigenvalue weighted by Gasteiger charge is 2.32. The zero-order valence-electron chi connectivity index (χ0n) is 21.2. The average Bonchev–Trinajstić information content (AvgIpc) is 3.46. The maximum Gasteiger partial charge on any atom is 0.410 e. The Balaban J connectivity index is 1.60. The maximum absolute atomic E-state index is 11.5. The van der Waals surface area contributed by atoms with E-state index in [0.29, 0.717) is 29.1 Å². The average molecular weight is 498 g/mol. The summed E-state index contributed by atoms with van der Waals surface area (Å²) < 4.78 is 2.14. The molecule has 0 aromatic carbocycles. The minimum Gasteiger partial charge on any atom is -0.465 e. The van der Waals surface area contributed by atoms with Gasteiger partial charge in [0.1, 0.15) is 17.4 Å². The number of carboxylic acid groups (broad SMARTS) is 1. The molecular formula is C26H39N7O3. The Bertz CT molecular complexity index is 1100. The van der Waals surface area contributed by atoms with Gasteiger partial charge in [-0.3, -0.25) is 10.7 Å². The molecule has 3 aliphatic carbocycles. The van der Waals surface area contributed by atoms with Crippen molar-refractivity contribution in [1.29, 1.82) is 5.41 Å². The molecule has 2 heterocycles. The monoisotopic (exact) mass is 497 g/mol. The highest BCUT2D eigenvalue weighted by atomic mass is 16.4. The van der Waals surface area contributed by atoms with Gasteiger partial charge in [-0.15, -0.1) is 0 Å². The van der Waals surface area contributed by atoms with Gasteiger partial charge in [0.15, 0.2) is 23.1 Å². The highest BCUT2D eigenvalue weighted by Crippen LogP contribution is 2.39. The van der Waals surface area contributed by atoms with Crippen molar-refractivity contribution in [3.63, 3.8) is 0 Å². The quantitative estimate of drug-likeness (QED) is 0.259. The molecule has 10 nitrogen and oxygen atoms in total. The Hall–Kier alpha value is -2.75. The number of carbonyl (C=O) groups is 1. The lowest BCUT2D eigenvalue weighted by Crippen LogP contribution is -2.33. The minimum absolute atomic E-state index is 0.0163. The number of nitrogens with zero attached hydrogens (tertiary/aromatic N) is 4. The number of nitrogens with one attached hydrogen (secondary N) is 3. The van der Waals surface area contributed by atoms with Crippen molar-refractivity contribution in [3.05, 3.63) is 11.6 Å². The van der Waals surface area contributed by atoms with Crippen molar-refractivity contribution in [2.75, 3.05) is 5.32 Å². The van der Waals surface area contributed by atoms with E-state index >= 15 is 0 Å². The van der Waals surface area contributed by atoms with Gasteiger partial charge in [-0.25, -0.2) is 19.7 Å². The fourth-order valence-corrected chi connectivity index (χ4v) is 6.22. The van der Waals surface area contributed by atoms with Crippen LogP contribution >= 0.6 is 0 Å². The van der Waals surface area contributed by atoms with Gasteiger partial charge in [0.2, 0.25) is 0 Å². The lowest BCUT2D eigenvalue weighted by molar-refractivity contribution is 0.0978. The van der Waals surface area contributed by atoms with E-state index in [-0.39, 0.29) is 23.6 Å². The topological polar surface area (TPSA) is 149 Å². The molecule has 10 heteroatoms. The first kappa shape index (κ1) is 24.9. The van der Waals surface area contributed by atoms with Gasteiger partial charge in [-0.1, -0.05) is 38.5 Å². The second-order valence-corrected chi connectivity index (χ2v) is 11.1. The van der Waals surface area contributed by atoms with Gasteiger partial charge in [0.25, 0.3) is 0 Å². The van der Waals surface area contributed by atoms with E-state index in [0.717, 1.165) is 50.6 Å². The molecule has 2 aromatic heterocycles. The first-order valence-corrected chi connectivity index (χ1v) is 13.7. The summed E-state index contributed by atoms with van der Waals surface area (Å²) in [6, 6.07) is 0.174. The molecule has 36 heavy (non-hydrogen) atoms. The summed E-state index contributed by atoms with van der Waals surface area (Å²) in [4.78, 5) is 25.2. The Kier molecular flexibility index (Phi) is 7.41. The van der Waals surface area contributed by atoms with E-state index < -0.39 is 12.2 Å². The summed E-state index contributed by atoms with van der Waals surface area (Å²) in [7, 11) is 0. The summed E-state index contributed by atoms with van der Waals surface area (Å²) in [5.74, 6) is 2.03. The van der Waals surface area contributed by atoms with Crippen molar-refractivity contribution in [2.24, 2.45) is 17.8 Å². The minimum atomic E-state index is -1.33. The highest BCUT2D eigenvalue weighted by molar-refractivity contribution is 6.03. The molecule has 5 rings (SSSR count). The largest absolute Gasteiger partial charge is 0.465 e. The zero-order valence-corrected chi connectivity index (χ0v) is 21.2. The van der Waals surface area contributed by atoms with Crippen LogP contribution in [0.15, 0.2) is 0 Å². The number of imidazole rings is 1. The van der Waals surface area contributed by atoms with Crippen LogP contribution in [0.1, 0.15) is 102 Å². The van der Waals surface area contributed by atoms with Gasteiger partial charge in [-0.05, 0) is 63.2 Å². The van der Waals surface area contributed by atoms with E-state index in [1.807, 2.05) is 0 Å². The van der Waals surface area contributed by atoms with Crippen LogP contribution in [-0.4, -0.2) is 47.7 Å². The van der Waals surface area contributed by atoms with E-state index in [2.05, 4.69) is 32.1 Å². The molecule has 2 aromatic rings. The van der Waals surface area contributed by atoms with Crippen LogP contribution in [0, 0.1) is 23.2 Å². The Morgan fingerprint density at radius 2 is 1.67 bits per heavy atom. The normalized spacial score (nSPS) is 21.3. The third kappa shape index (κ3) is 5.19. The van der Waals surface area contributed by atoms with Crippen molar-refractivity contribution in [1.82, 2.24) is 24.8 Å².